The zero-order valence-electron chi connectivity index (χ0n) is 12.8. The Labute approximate surface area is 135 Å². The molecule has 1 unspecified atom stereocenters. The number of carbonyl (C=O) groups is 2. The minimum atomic E-state index is -0.838. The molecule has 1 aromatic carbocycles. The molecular formula is C16H21ClN2O3. The van der Waals surface area contributed by atoms with Crippen LogP contribution in [0.5, 0.6) is 0 Å². The Kier molecular flexibility index (Phi) is 4.96. The van der Waals surface area contributed by atoms with Crippen molar-refractivity contribution in [1.29, 1.82) is 0 Å². The molecule has 0 radical (unpaired) electrons. The van der Waals surface area contributed by atoms with Crippen molar-refractivity contribution in [3.05, 3.63) is 34.9 Å². The number of benzene rings is 1. The second-order valence-corrected chi connectivity index (χ2v) is 6.76. The van der Waals surface area contributed by atoms with E-state index in [1.165, 1.54) is 0 Å². The number of carbonyl (C=O) groups excluding carboxylic acids is 1. The minimum absolute atomic E-state index is 0.209. The molecule has 1 aliphatic rings. The monoisotopic (exact) mass is 324 g/mol. The summed E-state index contributed by atoms with van der Waals surface area (Å²) in [7, 11) is 0. The molecule has 120 valence electrons. The molecule has 1 saturated heterocycles. The second kappa shape index (κ2) is 6.57. The topological polar surface area (TPSA) is 69.6 Å². The summed E-state index contributed by atoms with van der Waals surface area (Å²) in [5.41, 5.74) is 0.789. The zero-order chi connectivity index (χ0) is 16.3. The first-order valence-corrected chi connectivity index (χ1v) is 7.69. The smallest absolute Gasteiger partial charge is 0.317 e. The summed E-state index contributed by atoms with van der Waals surface area (Å²) in [6.45, 7) is 5.28. The van der Waals surface area contributed by atoms with Crippen molar-refractivity contribution in [3.8, 4) is 0 Å². The first kappa shape index (κ1) is 16.6. The molecule has 1 fully saturated rings. The van der Waals surface area contributed by atoms with E-state index in [0.29, 0.717) is 24.5 Å². The van der Waals surface area contributed by atoms with E-state index in [1.54, 1.807) is 4.90 Å². The number of carboxylic acids is 1. The highest BCUT2D eigenvalue weighted by atomic mass is 35.5. The van der Waals surface area contributed by atoms with Crippen molar-refractivity contribution in [3.63, 3.8) is 0 Å². The second-order valence-electron chi connectivity index (χ2n) is 6.32. The Morgan fingerprint density at radius 2 is 2.18 bits per heavy atom. The number of likely N-dealkylation sites (tertiary alicyclic amines) is 1. The Morgan fingerprint density at radius 3 is 2.77 bits per heavy atom. The number of carboxylic acid groups (broad SMARTS) is 1. The predicted molar refractivity (Wildman–Crippen MR) is 85.2 cm³/mol. The van der Waals surface area contributed by atoms with Gasteiger partial charge < -0.3 is 15.3 Å². The number of aliphatic carboxylic acids is 1. The number of nitrogens with one attached hydrogen (secondary N) is 1. The normalized spacial score (nSPS) is 18.3. The molecule has 2 amide bonds. The quantitative estimate of drug-likeness (QED) is 0.894. The van der Waals surface area contributed by atoms with Crippen LogP contribution in [0.15, 0.2) is 24.3 Å². The van der Waals surface area contributed by atoms with Crippen LogP contribution in [0.4, 0.5) is 4.79 Å². The SMILES string of the molecule is CC(C)(CNC(=O)N1CCC(C(=O)O)C1)c1cccc(Cl)c1. The van der Waals surface area contributed by atoms with Gasteiger partial charge in [0.1, 0.15) is 0 Å². The number of amides is 2. The van der Waals surface area contributed by atoms with Gasteiger partial charge in [-0.1, -0.05) is 37.6 Å². The standard InChI is InChI=1S/C16H21ClN2O3/c1-16(2,12-4-3-5-13(17)8-12)10-18-15(22)19-7-6-11(9-19)14(20)21/h3-5,8,11H,6-7,9-10H2,1-2H3,(H,18,22)(H,20,21). The number of rotatable bonds is 4. The lowest BCUT2D eigenvalue weighted by atomic mass is 9.84. The maximum Gasteiger partial charge on any atom is 0.317 e. The van der Waals surface area contributed by atoms with E-state index in [-0.39, 0.29) is 18.0 Å². The summed E-state index contributed by atoms with van der Waals surface area (Å²) in [5, 5.41) is 12.5. The van der Waals surface area contributed by atoms with E-state index in [4.69, 9.17) is 16.7 Å². The van der Waals surface area contributed by atoms with Gasteiger partial charge >= 0.3 is 12.0 Å². The fraction of sp³-hybridized carbons (Fsp3) is 0.500. The molecular weight excluding hydrogens is 304 g/mol. The van der Waals surface area contributed by atoms with Crippen molar-refractivity contribution in [2.45, 2.75) is 25.7 Å². The fourth-order valence-corrected chi connectivity index (χ4v) is 2.76. The van der Waals surface area contributed by atoms with Gasteiger partial charge in [-0.2, -0.15) is 0 Å². The molecule has 0 spiro atoms. The molecule has 2 rings (SSSR count). The molecule has 0 saturated carbocycles. The van der Waals surface area contributed by atoms with Crippen LogP contribution in [0.3, 0.4) is 0 Å². The van der Waals surface area contributed by atoms with Crippen LogP contribution in [0.2, 0.25) is 5.02 Å². The molecule has 22 heavy (non-hydrogen) atoms. The molecule has 6 heteroatoms. The molecule has 1 heterocycles. The van der Waals surface area contributed by atoms with Gasteiger partial charge in [0.25, 0.3) is 0 Å². The van der Waals surface area contributed by atoms with Crippen molar-refractivity contribution in [2.24, 2.45) is 5.92 Å². The van der Waals surface area contributed by atoms with Gasteiger partial charge in [0.05, 0.1) is 5.92 Å². The van der Waals surface area contributed by atoms with Crippen molar-refractivity contribution < 1.29 is 14.7 Å². The molecule has 0 bridgehead atoms. The van der Waals surface area contributed by atoms with Gasteiger partial charge in [0.2, 0.25) is 0 Å². The van der Waals surface area contributed by atoms with Crippen molar-refractivity contribution in [1.82, 2.24) is 10.2 Å². The highest BCUT2D eigenvalue weighted by Crippen LogP contribution is 2.25. The first-order valence-electron chi connectivity index (χ1n) is 7.31. The lowest BCUT2D eigenvalue weighted by Gasteiger charge is -2.27. The highest BCUT2D eigenvalue weighted by Gasteiger charge is 2.31. The van der Waals surface area contributed by atoms with Crippen molar-refractivity contribution >= 4 is 23.6 Å². The maximum atomic E-state index is 12.2. The number of urea groups is 1. The number of hydrogen-bond donors (Lipinski definition) is 2. The number of nitrogens with zero attached hydrogens (tertiary/aromatic N) is 1. The van der Waals surface area contributed by atoms with Crippen molar-refractivity contribution in [2.75, 3.05) is 19.6 Å². The first-order chi connectivity index (χ1) is 10.3. The van der Waals surface area contributed by atoms with E-state index in [0.717, 1.165) is 5.56 Å². The summed E-state index contributed by atoms with van der Waals surface area (Å²) in [5.74, 6) is -1.29. The minimum Gasteiger partial charge on any atom is -0.481 e. The Hall–Kier alpha value is -1.75. The predicted octanol–water partition coefficient (Wildman–Crippen LogP) is 2.73. The average molecular weight is 325 g/mol. The van der Waals surface area contributed by atoms with Crippen LogP contribution in [0.25, 0.3) is 0 Å². The van der Waals surface area contributed by atoms with E-state index in [2.05, 4.69) is 5.32 Å². The molecule has 2 N–H and O–H groups in total. The molecule has 1 aromatic rings. The number of hydrogen-bond acceptors (Lipinski definition) is 2. The highest BCUT2D eigenvalue weighted by molar-refractivity contribution is 6.30. The van der Waals surface area contributed by atoms with Gasteiger partial charge in [0, 0.05) is 30.1 Å². The fourth-order valence-electron chi connectivity index (χ4n) is 2.57. The molecule has 0 aliphatic carbocycles. The molecule has 1 atom stereocenters. The van der Waals surface area contributed by atoms with Crippen LogP contribution in [-0.4, -0.2) is 41.6 Å². The van der Waals surface area contributed by atoms with Gasteiger partial charge in [-0.05, 0) is 24.1 Å². The van der Waals surface area contributed by atoms with Crippen LogP contribution < -0.4 is 5.32 Å². The third kappa shape index (κ3) is 3.91. The summed E-state index contributed by atoms with van der Waals surface area (Å²) < 4.78 is 0. The van der Waals surface area contributed by atoms with E-state index >= 15 is 0 Å². The van der Waals surface area contributed by atoms with Gasteiger partial charge in [-0.3, -0.25) is 4.79 Å². The lowest BCUT2D eigenvalue weighted by Crippen LogP contribution is -2.44. The third-order valence-electron chi connectivity index (χ3n) is 4.11. The Morgan fingerprint density at radius 1 is 1.45 bits per heavy atom. The van der Waals surface area contributed by atoms with Crippen LogP contribution in [-0.2, 0) is 10.2 Å². The van der Waals surface area contributed by atoms with Crippen LogP contribution >= 0.6 is 11.6 Å². The maximum absolute atomic E-state index is 12.2. The van der Waals surface area contributed by atoms with Gasteiger partial charge in [-0.15, -0.1) is 0 Å². The Bertz CT molecular complexity index is 574. The third-order valence-corrected chi connectivity index (χ3v) is 4.35. The van der Waals surface area contributed by atoms with Gasteiger partial charge in [0.15, 0.2) is 0 Å². The van der Waals surface area contributed by atoms with E-state index in [1.807, 2.05) is 38.1 Å². The van der Waals surface area contributed by atoms with Crippen LogP contribution in [0, 0.1) is 5.92 Å². The largest absolute Gasteiger partial charge is 0.481 e. The molecule has 5 nitrogen and oxygen atoms in total. The van der Waals surface area contributed by atoms with Gasteiger partial charge in [-0.25, -0.2) is 4.79 Å². The lowest BCUT2D eigenvalue weighted by molar-refractivity contribution is -0.141. The zero-order valence-corrected chi connectivity index (χ0v) is 13.6. The number of halogens is 1. The average Bonchev–Trinajstić information content (AvgIpc) is 2.95. The summed E-state index contributed by atoms with van der Waals surface area (Å²) in [6, 6.07) is 7.37. The molecule has 0 aromatic heterocycles. The summed E-state index contributed by atoms with van der Waals surface area (Å²) in [6.07, 6.45) is 0.514. The van der Waals surface area contributed by atoms with Crippen LogP contribution in [0.1, 0.15) is 25.8 Å². The summed E-state index contributed by atoms with van der Waals surface area (Å²) in [4.78, 5) is 24.6. The molecule has 1 aliphatic heterocycles. The van der Waals surface area contributed by atoms with E-state index in [9.17, 15) is 9.59 Å². The Balaban J connectivity index is 1.92. The van der Waals surface area contributed by atoms with E-state index < -0.39 is 11.9 Å². The summed E-state index contributed by atoms with van der Waals surface area (Å²) >= 11 is 6.01.